The summed E-state index contributed by atoms with van der Waals surface area (Å²) in [5.74, 6) is 2.19. The van der Waals surface area contributed by atoms with Crippen LogP contribution in [0.25, 0.3) is 10.9 Å². The van der Waals surface area contributed by atoms with Gasteiger partial charge in [-0.1, -0.05) is 12.1 Å². The molecule has 0 saturated heterocycles. The van der Waals surface area contributed by atoms with Crippen LogP contribution in [0, 0.1) is 0 Å². The van der Waals surface area contributed by atoms with Crippen LogP contribution in [0.3, 0.4) is 0 Å². The summed E-state index contributed by atoms with van der Waals surface area (Å²) in [5.41, 5.74) is 4.97. The van der Waals surface area contributed by atoms with E-state index in [1.165, 1.54) is 26.5 Å². The molecule has 8 rings (SSSR count). The lowest BCUT2D eigenvalue weighted by Gasteiger charge is -2.11. The molecule has 6 amide bonds. The third-order valence-corrected chi connectivity index (χ3v) is 8.99. The number of pyridine rings is 2. The van der Waals surface area contributed by atoms with Gasteiger partial charge in [-0.2, -0.15) is 5.10 Å². The highest BCUT2D eigenvalue weighted by molar-refractivity contribution is 6.01. The maximum Gasteiger partial charge on any atom is 0.323 e. The van der Waals surface area contributed by atoms with Crippen molar-refractivity contribution in [1.29, 1.82) is 0 Å². The summed E-state index contributed by atoms with van der Waals surface area (Å²) < 4.78 is 18.8. The molecule has 0 saturated carbocycles. The van der Waals surface area contributed by atoms with Gasteiger partial charge >= 0.3 is 12.1 Å². The number of carbonyl (C=O) groups is 4. The first kappa shape index (κ1) is 40.7. The van der Waals surface area contributed by atoms with Gasteiger partial charge in [0.1, 0.15) is 40.1 Å². The Kier molecular flexibility index (Phi) is 12.6. The Morgan fingerprint density at radius 2 is 1.11 bits per heavy atom. The van der Waals surface area contributed by atoms with Crippen molar-refractivity contribution in [3.63, 3.8) is 0 Å². The van der Waals surface area contributed by atoms with Gasteiger partial charge in [-0.25, -0.2) is 9.59 Å². The van der Waals surface area contributed by atoms with E-state index in [1.54, 1.807) is 89.7 Å². The topological polar surface area (TPSA) is 212 Å². The normalized spacial score (nSPS) is 11.1. The molecule has 308 valence electrons. The Labute approximate surface area is 349 Å². The Balaban J connectivity index is 0.000000184. The molecule has 17 nitrogen and oxygen atoms in total. The summed E-state index contributed by atoms with van der Waals surface area (Å²) in [4.78, 5) is 56.2. The molecule has 6 N–H and O–H groups in total. The average Bonchev–Trinajstić information content (AvgIpc) is 3.89. The molecule has 0 atom stereocenters. The molecule has 4 heterocycles. The highest BCUT2D eigenvalue weighted by atomic mass is 16.5. The highest BCUT2D eigenvalue weighted by Crippen LogP contribution is 2.29. The van der Waals surface area contributed by atoms with Crippen LogP contribution in [0.4, 0.5) is 32.3 Å². The van der Waals surface area contributed by atoms with Gasteiger partial charge in [0.05, 0.1) is 18.3 Å². The van der Waals surface area contributed by atoms with Crippen LogP contribution < -0.4 is 46.1 Å². The van der Waals surface area contributed by atoms with Gasteiger partial charge in [-0.05, 0) is 78.4 Å². The fraction of sp³-hybridized carbons (Fsp3) is 0.114. The molecule has 7 aromatic rings. The summed E-state index contributed by atoms with van der Waals surface area (Å²) in [6.07, 6.45) is 5.60. The second-order valence-electron chi connectivity index (χ2n) is 13.3. The summed E-state index contributed by atoms with van der Waals surface area (Å²) in [6, 6.07) is 30.7. The van der Waals surface area contributed by atoms with Crippen LogP contribution in [0.1, 0.15) is 26.5 Å². The van der Waals surface area contributed by atoms with Gasteiger partial charge in [0.25, 0.3) is 11.8 Å². The molecule has 17 heteroatoms. The van der Waals surface area contributed by atoms with Gasteiger partial charge < -0.3 is 46.1 Å². The standard InChI is InChI=1S/C22H20N6O3.C22H20N4O4/c1-23-21(29)19-12-18(8-9-24-19)31-17-5-3-4-15(10-17)26-22(30)27-16-7-6-14-13-25-28(2)20(14)11-16;1-23-21(27)19-13-18(7-9-24-19)30-17-4-2-3-15(12-17)25-22(28)26-16-5-6-20-14(11-16)8-10-29-20/h3-13H,1-2H3,(H,23,29)(H2,26,27,30);2-7,9,11-13H,8,10H2,1H3,(H,23,27)(H2,25,26,28). The third kappa shape index (κ3) is 10.7. The first-order valence-corrected chi connectivity index (χ1v) is 18.9. The predicted molar refractivity (Wildman–Crippen MR) is 230 cm³/mol. The monoisotopic (exact) mass is 820 g/mol. The molecule has 0 bridgehead atoms. The summed E-state index contributed by atoms with van der Waals surface area (Å²) >= 11 is 0. The van der Waals surface area contributed by atoms with Gasteiger partial charge in [0.15, 0.2) is 0 Å². The number of nitrogens with zero attached hydrogens (tertiary/aromatic N) is 4. The summed E-state index contributed by atoms with van der Waals surface area (Å²) in [7, 11) is 4.92. The van der Waals surface area contributed by atoms with E-state index in [1.807, 2.05) is 37.4 Å². The quantitative estimate of drug-likeness (QED) is 0.0796. The number of amides is 6. The predicted octanol–water partition coefficient (Wildman–Crippen LogP) is 7.58. The maximum absolute atomic E-state index is 12.4. The molecule has 1 aliphatic heterocycles. The minimum Gasteiger partial charge on any atom is -0.493 e. The molecular weight excluding hydrogens is 781 g/mol. The number of benzene rings is 4. The highest BCUT2D eigenvalue weighted by Gasteiger charge is 2.14. The number of hydrogen-bond donors (Lipinski definition) is 6. The number of rotatable bonds is 10. The fourth-order valence-electron chi connectivity index (χ4n) is 6.07. The minimum absolute atomic E-state index is 0.249. The van der Waals surface area contributed by atoms with Gasteiger partial charge in [-0.15, -0.1) is 0 Å². The van der Waals surface area contributed by atoms with Crippen molar-refractivity contribution in [3.8, 4) is 28.7 Å². The van der Waals surface area contributed by atoms with E-state index in [9.17, 15) is 19.2 Å². The number of urea groups is 2. The van der Waals surface area contributed by atoms with Gasteiger partial charge in [0.2, 0.25) is 0 Å². The molecule has 4 aromatic carbocycles. The zero-order chi connectivity index (χ0) is 42.7. The van der Waals surface area contributed by atoms with E-state index in [2.05, 4.69) is 47.0 Å². The van der Waals surface area contributed by atoms with Crippen LogP contribution in [-0.2, 0) is 13.5 Å². The van der Waals surface area contributed by atoms with Crippen molar-refractivity contribution < 1.29 is 33.4 Å². The van der Waals surface area contributed by atoms with Crippen molar-refractivity contribution >= 4 is 57.5 Å². The van der Waals surface area contributed by atoms with Crippen molar-refractivity contribution in [2.75, 3.05) is 42.0 Å². The molecule has 0 spiro atoms. The van der Waals surface area contributed by atoms with Crippen LogP contribution in [0.15, 0.2) is 128 Å². The largest absolute Gasteiger partial charge is 0.493 e. The number of fused-ring (bicyclic) bond motifs is 2. The van der Waals surface area contributed by atoms with E-state index in [0.717, 1.165) is 28.6 Å². The van der Waals surface area contributed by atoms with Crippen LogP contribution in [0.5, 0.6) is 28.7 Å². The zero-order valence-corrected chi connectivity index (χ0v) is 33.2. The second kappa shape index (κ2) is 18.9. The molecule has 3 aromatic heterocycles. The number of carbonyl (C=O) groups excluding carboxylic acids is 4. The van der Waals surface area contributed by atoms with Gasteiger partial charge in [-0.3, -0.25) is 24.2 Å². The van der Waals surface area contributed by atoms with Crippen molar-refractivity contribution in [1.82, 2.24) is 30.4 Å². The Morgan fingerprint density at radius 1 is 0.607 bits per heavy atom. The number of aromatic nitrogens is 4. The lowest BCUT2D eigenvalue weighted by atomic mass is 10.1. The molecule has 0 aliphatic carbocycles. The SMILES string of the molecule is CNC(=O)c1cc(Oc2cccc(NC(=O)Nc3ccc4c(c3)CCO4)c2)ccn1.CNC(=O)c1cc(Oc2cccc(NC(=O)Nc3ccc4cnn(C)c4c3)c2)ccn1. The number of nitrogens with one attached hydrogen (secondary N) is 6. The van der Waals surface area contributed by atoms with Crippen molar-refractivity contribution in [2.45, 2.75) is 6.42 Å². The average molecular weight is 821 g/mol. The zero-order valence-electron chi connectivity index (χ0n) is 33.2. The van der Waals surface area contributed by atoms with Crippen LogP contribution in [0.2, 0.25) is 0 Å². The fourth-order valence-corrected chi connectivity index (χ4v) is 6.07. The van der Waals surface area contributed by atoms with Crippen molar-refractivity contribution in [3.05, 3.63) is 145 Å². The molecule has 0 fully saturated rings. The van der Waals surface area contributed by atoms with E-state index in [0.29, 0.717) is 52.4 Å². The first-order valence-electron chi connectivity index (χ1n) is 18.9. The lowest BCUT2D eigenvalue weighted by molar-refractivity contribution is 0.0950. The minimum atomic E-state index is -0.385. The van der Waals surface area contributed by atoms with E-state index in [4.69, 9.17) is 14.2 Å². The number of ether oxygens (including phenoxy) is 3. The number of anilines is 4. The third-order valence-electron chi connectivity index (χ3n) is 8.99. The second-order valence-corrected chi connectivity index (χ2v) is 13.3. The van der Waals surface area contributed by atoms with Crippen LogP contribution in [-0.4, -0.2) is 64.3 Å². The van der Waals surface area contributed by atoms with Crippen molar-refractivity contribution in [2.24, 2.45) is 7.05 Å². The maximum atomic E-state index is 12.4. The van der Waals surface area contributed by atoms with E-state index < -0.39 is 0 Å². The molecule has 0 radical (unpaired) electrons. The number of aryl methyl sites for hydroxylation is 1. The molecular formula is C44H40N10O7. The Hall–Kier alpha value is -8.47. The molecule has 61 heavy (non-hydrogen) atoms. The summed E-state index contributed by atoms with van der Waals surface area (Å²) in [5, 5.41) is 21.4. The molecule has 0 unspecified atom stereocenters. The lowest BCUT2D eigenvalue weighted by Crippen LogP contribution is -2.19. The van der Waals surface area contributed by atoms with E-state index in [-0.39, 0.29) is 35.3 Å². The van der Waals surface area contributed by atoms with E-state index >= 15 is 0 Å². The Bertz CT molecular complexity index is 2740. The number of hydrogen-bond acceptors (Lipinski definition) is 10. The smallest absolute Gasteiger partial charge is 0.323 e. The van der Waals surface area contributed by atoms with Gasteiger partial charge in [0, 0.05) is 92.4 Å². The first-order chi connectivity index (χ1) is 29.6. The van der Waals surface area contributed by atoms with Crippen LogP contribution >= 0.6 is 0 Å². The molecule has 1 aliphatic rings. The Morgan fingerprint density at radius 3 is 1.67 bits per heavy atom. The summed E-state index contributed by atoms with van der Waals surface area (Å²) in [6.45, 7) is 0.667.